The van der Waals surface area contributed by atoms with Crippen molar-refractivity contribution in [3.05, 3.63) is 48.0 Å². The van der Waals surface area contributed by atoms with Gasteiger partial charge in [-0.2, -0.15) is 0 Å². The summed E-state index contributed by atoms with van der Waals surface area (Å²) in [6.45, 7) is 0. The Labute approximate surface area is 121 Å². The summed E-state index contributed by atoms with van der Waals surface area (Å²) in [4.78, 5) is 0.746. The van der Waals surface area contributed by atoms with E-state index in [-0.39, 0.29) is 0 Å². The summed E-state index contributed by atoms with van der Waals surface area (Å²) in [7, 11) is 2.03. The summed E-state index contributed by atoms with van der Waals surface area (Å²) >= 11 is 0. The van der Waals surface area contributed by atoms with Gasteiger partial charge in [0, 0.05) is 16.1 Å². The molecule has 0 aliphatic carbocycles. The zero-order valence-electron chi connectivity index (χ0n) is 11.5. The lowest BCUT2D eigenvalue weighted by Crippen LogP contribution is -2.00. The zero-order valence-corrected chi connectivity index (χ0v) is 12.3. The topological polar surface area (TPSA) is 61.5 Å². The van der Waals surface area contributed by atoms with Crippen molar-refractivity contribution >= 4 is 16.5 Å². The molecule has 0 aliphatic heterocycles. The van der Waals surface area contributed by atoms with Crippen molar-refractivity contribution in [1.82, 2.24) is 0 Å². The standard InChI is InChI=1S/C15H17NO3S/c1-18-13-4-6-14(7-5-13)20(17)10-11-9-12(16)3-8-15(11)19-2/h3-9H,10,16H2,1-2H3. The monoisotopic (exact) mass is 291 g/mol. The summed E-state index contributed by atoms with van der Waals surface area (Å²) in [6, 6.07) is 12.5. The number of nitrogens with two attached hydrogens (primary N) is 1. The first-order valence-electron chi connectivity index (χ1n) is 6.09. The summed E-state index contributed by atoms with van der Waals surface area (Å²) in [5, 5.41) is 0. The SMILES string of the molecule is COc1ccc(S(=O)Cc2cc(N)ccc2OC)cc1. The van der Waals surface area contributed by atoms with Crippen LogP contribution in [0.4, 0.5) is 5.69 Å². The Bertz CT molecular complexity index is 611. The molecule has 2 aromatic carbocycles. The van der Waals surface area contributed by atoms with Gasteiger partial charge >= 0.3 is 0 Å². The van der Waals surface area contributed by atoms with Crippen molar-refractivity contribution in [2.75, 3.05) is 20.0 Å². The van der Waals surface area contributed by atoms with Crippen LogP contribution in [0.25, 0.3) is 0 Å². The van der Waals surface area contributed by atoms with Gasteiger partial charge in [-0.25, -0.2) is 0 Å². The lowest BCUT2D eigenvalue weighted by molar-refractivity contribution is 0.411. The van der Waals surface area contributed by atoms with Crippen molar-refractivity contribution < 1.29 is 13.7 Å². The second-order valence-electron chi connectivity index (χ2n) is 4.24. The molecule has 1 unspecified atom stereocenters. The Morgan fingerprint density at radius 3 is 2.35 bits per heavy atom. The quantitative estimate of drug-likeness (QED) is 0.860. The van der Waals surface area contributed by atoms with Crippen LogP contribution in [0.1, 0.15) is 5.56 Å². The number of nitrogen functional groups attached to an aromatic ring is 1. The van der Waals surface area contributed by atoms with E-state index >= 15 is 0 Å². The molecule has 0 radical (unpaired) electrons. The average Bonchev–Trinajstić information content (AvgIpc) is 2.47. The van der Waals surface area contributed by atoms with E-state index < -0.39 is 10.8 Å². The minimum atomic E-state index is -1.16. The van der Waals surface area contributed by atoms with Gasteiger partial charge in [-0.1, -0.05) is 0 Å². The van der Waals surface area contributed by atoms with Gasteiger partial charge in [-0.05, 0) is 42.5 Å². The third-order valence-corrected chi connectivity index (χ3v) is 4.28. The molecule has 1 atom stereocenters. The molecule has 0 aliphatic rings. The zero-order chi connectivity index (χ0) is 14.5. The third-order valence-electron chi connectivity index (χ3n) is 2.91. The number of methoxy groups -OCH3 is 2. The van der Waals surface area contributed by atoms with Crippen molar-refractivity contribution in [2.45, 2.75) is 10.6 Å². The molecule has 4 nitrogen and oxygen atoms in total. The molecule has 2 aromatic rings. The van der Waals surface area contributed by atoms with E-state index in [4.69, 9.17) is 15.2 Å². The second kappa shape index (κ2) is 6.43. The molecular formula is C15H17NO3S. The first-order chi connectivity index (χ1) is 9.63. The Morgan fingerprint density at radius 1 is 1.05 bits per heavy atom. The van der Waals surface area contributed by atoms with Gasteiger partial charge in [0.1, 0.15) is 11.5 Å². The van der Waals surface area contributed by atoms with Crippen LogP contribution in [-0.2, 0) is 16.6 Å². The first kappa shape index (κ1) is 14.4. The van der Waals surface area contributed by atoms with E-state index in [1.165, 1.54) is 0 Å². The molecule has 20 heavy (non-hydrogen) atoms. The fourth-order valence-electron chi connectivity index (χ4n) is 1.86. The molecule has 0 bridgehead atoms. The van der Waals surface area contributed by atoms with Crippen LogP contribution < -0.4 is 15.2 Å². The van der Waals surface area contributed by atoms with E-state index in [2.05, 4.69) is 0 Å². The van der Waals surface area contributed by atoms with Crippen LogP contribution in [0.5, 0.6) is 11.5 Å². The van der Waals surface area contributed by atoms with Crippen LogP contribution in [0.3, 0.4) is 0 Å². The van der Waals surface area contributed by atoms with E-state index in [1.807, 2.05) is 0 Å². The van der Waals surface area contributed by atoms with Gasteiger partial charge in [0.2, 0.25) is 0 Å². The predicted molar refractivity (Wildman–Crippen MR) is 80.5 cm³/mol. The fraction of sp³-hybridized carbons (Fsp3) is 0.200. The van der Waals surface area contributed by atoms with E-state index in [1.54, 1.807) is 56.7 Å². The molecule has 2 rings (SSSR count). The fourth-order valence-corrected chi connectivity index (χ4v) is 2.98. The van der Waals surface area contributed by atoms with Crippen molar-refractivity contribution in [1.29, 1.82) is 0 Å². The van der Waals surface area contributed by atoms with Gasteiger partial charge in [0.15, 0.2) is 0 Å². The van der Waals surface area contributed by atoms with E-state index in [9.17, 15) is 4.21 Å². The Kier molecular flexibility index (Phi) is 4.63. The summed E-state index contributed by atoms with van der Waals surface area (Å²) in [5.74, 6) is 1.80. The number of hydrogen-bond acceptors (Lipinski definition) is 4. The van der Waals surface area contributed by atoms with Gasteiger partial charge in [-0.15, -0.1) is 0 Å². The first-order valence-corrected chi connectivity index (χ1v) is 7.40. The van der Waals surface area contributed by atoms with Crippen LogP contribution in [0, 0.1) is 0 Å². The number of ether oxygens (including phenoxy) is 2. The highest BCUT2D eigenvalue weighted by atomic mass is 32.2. The highest BCUT2D eigenvalue weighted by Crippen LogP contribution is 2.25. The van der Waals surface area contributed by atoms with Crippen molar-refractivity contribution in [2.24, 2.45) is 0 Å². The van der Waals surface area contributed by atoms with Crippen molar-refractivity contribution in [3.63, 3.8) is 0 Å². The minimum Gasteiger partial charge on any atom is -0.497 e. The van der Waals surface area contributed by atoms with Gasteiger partial charge in [0.25, 0.3) is 0 Å². The number of hydrogen-bond donors (Lipinski definition) is 1. The lowest BCUT2D eigenvalue weighted by atomic mass is 10.2. The number of benzene rings is 2. The molecule has 5 heteroatoms. The molecule has 0 heterocycles. The van der Waals surface area contributed by atoms with Crippen LogP contribution in [0.2, 0.25) is 0 Å². The Hall–Kier alpha value is -2.01. The summed E-state index contributed by atoms with van der Waals surface area (Å²) < 4.78 is 22.7. The van der Waals surface area contributed by atoms with Gasteiger partial charge in [-0.3, -0.25) is 4.21 Å². The molecule has 0 spiro atoms. The van der Waals surface area contributed by atoms with Gasteiger partial charge < -0.3 is 15.2 Å². The molecule has 0 amide bonds. The molecule has 0 saturated carbocycles. The lowest BCUT2D eigenvalue weighted by Gasteiger charge is -2.09. The number of rotatable bonds is 5. The maximum atomic E-state index is 12.4. The van der Waals surface area contributed by atoms with Crippen molar-refractivity contribution in [3.8, 4) is 11.5 Å². The highest BCUT2D eigenvalue weighted by molar-refractivity contribution is 7.84. The largest absolute Gasteiger partial charge is 0.497 e. The van der Waals surface area contributed by atoms with Gasteiger partial charge in [0.05, 0.1) is 30.8 Å². The minimum absolute atomic E-state index is 0.362. The predicted octanol–water partition coefficient (Wildman–Crippen LogP) is 2.59. The smallest absolute Gasteiger partial charge is 0.123 e. The highest BCUT2D eigenvalue weighted by Gasteiger charge is 2.10. The normalized spacial score (nSPS) is 11.9. The average molecular weight is 291 g/mol. The van der Waals surface area contributed by atoms with E-state index in [0.717, 1.165) is 16.2 Å². The molecule has 2 N–H and O–H groups in total. The molecule has 0 aromatic heterocycles. The molecule has 0 fully saturated rings. The van der Waals surface area contributed by atoms with Crippen LogP contribution >= 0.6 is 0 Å². The third kappa shape index (κ3) is 3.30. The molecular weight excluding hydrogens is 274 g/mol. The maximum absolute atomic E-state index is 12.4. The summed E-state index contributed by atoms with van der Waals surface area (Å²) in [6.07, 6.45) is 0. The van der Waals surface area contributed by atoms with Crippen LogP contribution in [-0.4, -0.2) is 18.4 Å². The maximum Gasteiger partial charge on any atom is 0.123 e. The second-order valence-corrected chi connectivity index (χ2v) is 5.69. The molecule has 106 valence electrons. The Balaban J connectivity index is 2.20. The number of anilines is 1. The van der Waals surface area contributed by atoms with Crippen LogP contribution in [0.15, 0.2) is 47.4 Å². The summed E-state index contributed by atoms with van der Waals surface area (Å²) in [5.41, 5.74) is 7.23. The Morgan fingerprint density at radius 2 is 1.75 bits per heavy atom. The molecule has 0 saturated heterocycles. The van der Waals surface area contributed by atoms with E-state index in [0.29, 0.717) is 17.2 Å².